The van der Waals surface area contributed by atoms with Crippen molar-refractivity contribution in [2.24, 2.45) is 0 Å². The molecule has 3 rings (SSSR count). The molecule has 0 radical (unpaired) electrons. The van der Waals surface area contributed by atoms with Gasteiger partial charge < -0.3 is 10.0 Å². The summed E-state index contributed by atoms with van der Waals surface area (Å²) >= 11 is 2.89. The van der Waals surface area contributed by atoms with Crippen LogP contribution in [0.3, 0.4) is 0 Å². The Labute approximate surface area is 195 Å². The number of benzene rings is 1. The highest BCUT2D eigenvalue weighted by Gasteiger charge is 2.51. The molecule has 0 saturated carbocycles. The van der Waals surface area contributed by atoms with E-state index in [9.17, 15) is 26.7 Å². The van der Waals surface area contributed by atoms with E-state index in [0.29, 0.717) is 34.0 Å². The van der Waals surface area contributed by atoms with Gasteiger partial charge in [0.1, 0.15) is 4.21 Å². The third kappa shape index (κ3) is 5.27. The summed E-state index contributed by atoms with van der Waals surface area (Å²) in [6.07, 6.45) is -4.78. The van der Waals surface area contributed by atoms with Crippen LogP contribution < -0.4 is 4.90 Å². The number of hydrogen-bond donors (Lipinski definition) is 1. The number of halogens is 3. The first-order valence-electron chi connectivity index (χ1n) is 10.2. The molecule has 178 valence electrons. The number of alkyl halides is 3. The Morgan fingerprint density at radius 3 is 2.38 bits per heavy atom. The topological polar surface area (TPSA) is 60.9 Å². The molecule has 1 aromatic carbocycles. The monoisotopic (exact) mass is 508 g/mol. The molecule has 11 heteroatoms. The number of sulfonamides is 1. The molecule has 5 nitrogen and oxygen atoms in total. The number of thioether (sulfide) groups is 1. The Kier molecular flexibility index (Phi) is 7.56. The summed E-state index contributed by atoms with van der Waals surface area (Å²) in [4.78, 5) is 2.04. The number of rotatable bonds is 7. The molecule has 2 atom stereocenters. The first-order chi connectivity index (χ1) is 14.8. The maximum Gasteiger partial charge on any atom is 0.421 e. The minimum atomic E-state index is -4.78. The molecule has 1 aromatic heterocycles. The van der Waals surface area contributed by atoms with Crippen LogP contribution in [0.1, 0.15) is 26.3 Å². The Bertz CT molecular complexity index is 992. The lowest BCUT2D eigenvalue weighted by Crippen LogP contribution is -2.56. The molecule has 0 amide bonds. The van der Waals surface area contributed by atoms with Crippen molar-refractivity contribution in [3.05, 3.63) is 47.3 Å². The zero-order chi connectivity index (χ0) is 23.7. The van der Waals surface area contributed by atoms with Crippen LogP contribution in [-0.2, 0) is 15.6 Å². The zero-order valence-corrected chi connectivity index (χ0v) is 20.5. The zero-order valence-electron chi connectivity index (χ0n) is 18.0. The quantitative estimate of drug-likeness (QED) is 0.595. The molecule has 0 bridgehead atoms. The van der Waals surface area contributed by atoms with Crippen molar-refractivity contribution >= 4 is 38.8 Å². The Balaban J connectivity index is 1.84. The highest BCUT2D eigenvalue weighted by Crippen LogP contribution is 2.39. The Morgan fingerprint density at radius 2 is 1.84 bits per heavy atom. The summed E-state index contributed by atoms with van der Waals surface area (Å²) in [6, 6.07) is 8.85. The van der Waals surface area contributed by atoms with E-state index in [0.717, 1.165) is 6.92 Å². The van der Waals surface area contributed by atoms with Gasteiger partial charge in [-0.25, -0.2) is 8.42 Å². The lowest BCUT2D eigenvalue weighted by molar-refractivity contribution is -0.258. The van der Waals surface area contributed by atoms with Crippen molar-refractivity contribution in [1.29, 1.82) is 0 Å². The number of hydrogen-bond acceptors (Lipinski definition) is 6. The van der Waals surface area contributed by atoms with Gasteiger partial charge in [-0.2, -0.15) is 29.2 Å². The van der Waals surface area contributed by atoms with Gasteiger partial charge in [-0.1, -0.05) is 32.0 Å². The third-order valence-corrected chi connectivity index (χ3v) is 9.95. The van der Waals surface area contributed by atoms with E-state index in [1.54, 1.807) is 41.4 Å². The predicted molar refractivity (Wildman–Crippen MR) is 124 cm³/mol. The summed E-state index contributed by atoms with van der Waals surface area (Å²) in [6.45, 7) is 5.85. The van der Waals surface area contributed by atoms with Gasteiger partial charge >= 0.3 is 6.18 Å². The van der Waals surface area contributed by atoms with Crippen LogP contribution in [0.15, 0.2) is 46.0 Å². The molecule has 0 spiro atoms. The van der Waals surface area contributed by atoms with Crippen molar-refractivity contribution in [3.63, 3.8) is 0 Å². The van der Waals surface area contributed by atoms with E-state index in [4.69, 9.17) is 0 Å². The molecule has 1 aliphatic rings. The Hall–Kier alpha value is -1.27. The average molecular weight is 509 g/mol. The first-order valence-corrected chi connectivity index (χ1v) is 13.5. The van der Waals surface area contributed by atoms with Crippen molar-refractivity contribution in [2.75, 3.05) is 30.3 Å². The van der Waals surface area contributed by atoms with Crippen molar-refractivity contribution in [2.45, 2.75) is 48.0 Å². The molecule has 1 fully saturated rings. The van der Waals surface area contributed by atoms with Gasteiger partial charge in [0, 0.05) is 31.1 Å². The maximum absolute atomic E-state index is 13.2. The number of aliphatic hydroxyl groups is 1. The number of thiophene rings is 1. The van der Waals surface area contributed by atoms with Gasteiger partial charge in [-0.3, -0.25) is 0 Å². The largest absolute Gasteiger partial charge is 0.421 e. The second kappa shape index (κ2) is 9.54. The third-order valence-electron chi connectivity index (χ3n) is 5.47. The molecular weight excluding hydrogens is 481 g/mol. The lowest BCUT2D eigenvalue weighted by atomic mass is 9.95. The van der Waals surface area contributed by atoms with Crippen LogP contribution >= 0.6 is 23.1 Å². The summed E-state index contributed by atoms with van der Waals surface area (Å²) in [5.41, 5.74) is -2.47. The van der Waals surface area contributed by atoms with Gasteiger partial charge in [0.25, 0.3) is 10.0 Å². The number of nitrogens with zero attached hydrogens (tertiary/aromatic N) is 2. The SMILES string of the molecule is CC(C)SCC1CN(S(=O)(=O)c2cccs2)CCN1c1ccc(C(C)(O)C(F)(F)F)cc1. The maximum atomic E-state index is 13.2. The molecule has 2 heterocycles. The molecule has 2 unspecified atom stereocenters. The van der Waals surface area contributed by atoms with E-state index in [-0.39, 0.29) is 18.2 Å². The standard InChI is InChI=1S/C21H27F3N2O3S3/c1-15(2)31-14-18-13-25(32(28,29)19-5-4-12-30-19)10-11-26(18)17-8-6-16(7-9-17)20(3,27)21(22,23)24/h4-9,12,15,18,27H,10-11,13-14H2,1-3H3. The second-order valence-corrected chi connectivity index (χ2v) is 12.9. The van der Waals surface area contributed by atoms with Gasteiger partial charge in [0.2, 0.25) is 0 Å². The van der Waals surface area contributed by atoms with Crippen LogP contribution in [0.25, 0.3) is 0 Å². The van der Waals surface area contributed by atoms with Crippen LogP contribution in [0.4, 0.5) is 18.9 Å². The van der Waals surface area contributed by atoms with Crippen molar-refractivity contribution in [1.82, 2.24) is 4.31 Å². The first kappa shape index (κ1) is 25.4. The second-order valence-electron chi connectivity index (χ2n) is 8.14. The summed E-state index contributed by atoms with van der Waals surface area (Å²) < 4.78 is 67.3. The van der Waals surface area contributed by atoms with Gasteiger partial charge in [0.05, 0.1) is 6.04 Å². The average Bonchev–Trinajstić information content (AvgIpc) is 3.27. The normalized spacial score (nSPS) is 20.5. The van der Waals surface area contributed by atoms with Crippen LogP contribution in [0.5, 0.6) is 0 Å². The summed E-state index contributed by atoms with van der Waals surface area (Å²) in [7, 11) is -3.58. The summed E-state index contributed by atoms with van der Waals surface area (Å²) in [5.74, 6) is 0.677. The predicted octanol–water partition coefficient (Wildman–Crippen LogP) is 4.54. The highest BCUT2D eigenvalue weighted by atomic mass is 32.2. The molecule has 1 N–H and O–H groups in total. The molecule has 1 saturated heterocycles. The van der Waals surface area contributed by atoms with Crippen LogP contribution in [0, 0.1) is 0 Å². The van der Waals surface area contributed by atoms with Crippen LogP contribution in [-0.4, -0.2) is 60.7 Å². The fourth-order valence-corrected chi connectivity index (χ4v) is 7.02. The highest BCUT2D eigenvalue weighted by molar-refractivity contribution is 7.99. The molecule has 1 aliphatic heterocycles. The minimum absolute atomic E-state index is 0.139. The molecular formula is C21H27F3N2O3S3. The van der Waals surface area contributed by atoms with E-state index >= 15 is 0 Å². The molecule has 0 aliphatic carbocycles. The fourth-order valence-electron chi connectivity index (χ4n) is 3.51. The van der Waals surface area contributed by atoms with Crippen molar-refractivity contribution < 1.29 is 26.7 Å². The van der Waals surface area contributed by atoms with Gasteiger partial charge in [0.15, 0.2) is 5.60 Å². The lowest BCUT2D eigenvalue weighted by Gasteiger charge is -2.42. The number of piperazine rings is 1. The van der Waals surface area contributed by atoms with E-state index < -0.39 is 21.8 Å². The minimum Gasteiger partial charge on any atom is -0.376 e. The van der Waals surface area contributed by atoms with Gasteiger partial charge in [-0.05, 0) is 41.3 Å². The molecule has 2 aromatic rings. The van der Waals surface area contributed by atoms with Gasteiger partial charge in [-0.15, -0.1) is 11.3 Å². The van der Waals surface area contributed by atoms with Crippen LogP contribution in [0.2, 0.25) is 0 Å². The fraction of sp³-hybridized carbons (Fsp3) is 0.524. The van der Waals surface area contributed by atoms with Crippen molar-refractivity contribution in [3.8, 4) is 0 Å². The Morgan fingerprint density at radius 1 is 1.19 bits per heavy atom. The van der Waals surface area contributed by atoms with E-state index in [1.165, 1.54) is 27.8 Å². The molecule has 32 heavy (non-hydrogen) atoms. The summed E-state index contributed by atoms with van der Waals surface area (Å²) in [5, 5.41) is 12.0. The smallest absolute Gasteiger partial charge is 0.376 e. The van der Waals surface area contributed by atoms with E-state index in [1.807, 2.05) is 4.90 Å². The number of anilines is 1. The van der Waals surface area contributed by atoms with E-state index in [2.05, 4.69) is 13.8 Å².